The van der Waals surface area contributed by atoms with Crippen molar-refractivity contribution in [3.63, 3.8) is 0 Å². The Morgan fingerprint density at radius 1 is 0.970 bits per heavy atom. The number of halogens is 1. The third-order valence-corrected chi connectivity index (χ3v) is 5.76. The average molecular weight is 477 g/mol. The van der Waals surface area contributed by atoms with Gasteiger partial charge < -0.3 is 14.2 Å². The molecule has 0 aliphatic heterocycles. The Morgan fingerprint density at radius 3 is 2.27 bits per heavy atom. The highest BCUT2D eigenvalue weighted by Gasteiger charge is 2.44. The second-order valence-electron chi connectivity index (χ2n) is 8.85. The summed E-state index contributed by atoms with van der Waals surface area (Å²) in [7, 11) is 0. The summed E-state index contributed by atoms with van der Waals surface area (Å²) >= 11 is 6.52. The number of esters is 2. The molecule has 0 aromatic heterocycles. The molecular weight excluding hydrogens is 440 g/mol. The van der Waals surface area contributed by atoms with Crippen LogP contribution in [0.4, 0.5) is 0 Å². The molecule has 0 heterocycles. The van der Waals surface area contributed by atoms with Crippen LogP contribution in [-0.2, 0) is 14.3 Å². The maximum Gasteiger partial charge on any atom is 0.324 e. The van der Waals surface area contributed by atoms with Gasteiger partial charge in [0.2, 0.25) is 5.06 Å². The fraction of sp³-hybridized carbons (Fsp3) is 0.556. The normalized spacial score (nSPS) is 19.5. The van der Waals surface area contributed by atoms with Crippen molar-refractivity contribution in [2.45, 2.75) is 77.2 Å². The first-order valence-electron chi connectivity index (χ1n) is 12.1. The lowest BCUT2D eigenvalue weighted by molar-refractivity contribution is -0.156. The van der Waals surface area contributed by atoms with Gasteiger partial charge in [-0.1, -0.05) is 89.1 Å². The standard InChI is InChI=1S/C27H37ClO5/c1-4-5-6-7-8-9-12-19-31-22-14-16-23(17-15-22)32-26(30)24-13-10-11-18-27(24,28)33-25(29)20-21(2)3/h10-11,13-18,21,24H,4-9,12,19-20H2,1-3H3. The largest absolute Gasteiger partial charge is 0.494 e. The fourth-order valence-corrected chi connectivity index (χ4v) is 3.84. The van der Waals surface area contributed by atoms with E-state index in [1.165, 1.54) is 44.6 Å². The molecule has 33 heavy (non-hydrogen) atoms. The lowest BCUT2D eigenvalue weighted by atomic mass is 9.96. The van der Waals surface area contributed by atoms with Gasteiger partial charge in [-0.2, -0.15) is 0 Å². The molecule has 1 aromatic rings. The molecule has 0 spiro atoms. The van der Waals surface area contributed by atoms with E-state index in [1.807, 2.05) is 13.8 Å². The smallest absolute Gasteiger partial charge is 0.324 e. The summed E-state index contributed by atoms with van der Waals surface area (Å²) in [6.45, 7) is 6.71. The van der Waals surface area contributed by atoms with Gasteiger partial charge in [-0.15, -0.1) is 0 Å². The molecule has 2 atom stereocenters. The molecule has 0 saturated carbocycles. The van der Waals surface area contributed by atoms with E-state index in [-0.39, 0.29) is 12.3 Å². The van der Waals surface area contributed by atoms with Gasteiger partial charge in [0.1, 0.15) is 17.4 Å². The monoisotopic (exact) mass is 476 g/mol. The molecule has 0 radical (unpaired) electrons. The first kappa shape index (κ1) is 27.0. The first-order valence-corrected chi connectivity index (χ1v) is 12.4. The number of allylic oxidation sites excluding steroid dienone is 2. The number of benzene rings is 1. The molecule has 5 nitrogen and oxygen atoms in total. The number of unbranched alkanes of at least 4 members (excludes halogenated alkanes) is 6. The van der Waals surface area contributed by atoms with Gasteiger partial charge in [0, 0.05) is 6.42 Å². The van der Waals surface area contributed by atoms with Crippen LogP contribution in [0.15, 0.2) is 48.6 Å². The Hall–Kier alpha value is -2.27. The van der Waals surface area contributed by atoms with E-state index in [9.17, 15) is 9.59 Å². The van der Waals surface area contributed by atoms with Gasteiger partial charge >= 0.3 is 11.9 Å². The Morgan fingerprint density at radius 2 is 1.61 bits per heavy atom. The van der Waals surface area contributed by atoms with Crippen molar-refractivity contribution in [3.05, 3.63) is 48.6 Å². The van der Waals surface area contributed by atoms with Crippen molar-refractivity contribution in [2.75, 3.05) is 6.61 Å². The number of ether oxygens (including phenoxy) is 3. The minimum atomic E-state index is -1.60. The summed E-state index contributed by atoms with van der Waals surface area (Å²) in [6.07, 6.45) is 15.3. The number of hydrogen-bond donors (Lipinski definition) is 0. The molecule has 0 bridgehead atoms. The SMILES string of the molecule is CCCCCCCCCOc1ccc(OC(=O)C2C=CC=CC2(Cl)OC(=O)CC(C)C)cc1. The average Bonchev–Trinajstić information content (AvgIpc) is 2.76. The zero-order chi connectivity index (χ0) is 24.1. The van der Waals surface area contributed by atoms with E-state index in [0.29, 0.717) is 12.4 Å². The van der Waals surface area contributed by atoms with E-state index in [2.05, 4.69) is 6.92 Å². The summed E-state index contributed by atoms with van der Waals surface area (Å²) in [5.74, 6) is -0.777. The maximum absolute atomic E-state index is 12.8. The van der Waals surface area contributed by atoms with Gasteiger partial charge in [0.05, 0.1) is 6.61 Å². The molecule has 2 rings (SSSR count). The molecule has 1 aliphatic rings. The molecule has 0 amide bonds. The van der Waals surface area contributed by atoms with Gasteiger partial charge in [-0.3, -0.25) is 9.59 Å². The third-order valence-electron chi connectivity index (χ3n) is 5.32. The Bertz CT molecular complexity index is 799. The second kappa shape index (κ2) is 14.1. The van der Waals surface area contributed by atoms with Crippen LogP contribution >= 0.6 is 11.6 Å². The highest BCUT2D eigenvalue weighted by molar-refractivity contribution is 6.26. The molecule has 0 N–H and O–H groups in total. The van der Waals surface area contributed by atoms with E-state index in [4.69, 9.17) is 25.8 Å². The van der Waals surface area contributed by atoms with Crippen LogP contribution in [0.5, 0.6) is 11.5 Å². The van der Waals surface area contributed by atoms with Crippen LogP contribution in [0.2, 0.25) is 0 Å². The third kappa shape index (κ3) is 9.63. The molecular formula is C27H37ClO5. The fourth-order valence-electron chi connectivity index (χ4n) is 3.52. The van der Waals surface area contributed by atoms with Crippen LogP contribution in [-0.4, -0.2) is 23.6 Å². The summed E-state index contributed by atoms with van der Waals surface area (Å²) in [4.78, 5) is 24.9. The van der Waals surface area contributed by atoms with Crippen LogP contribution < -0.4 is 9.47 Å². The molecule has 1 aromatic carbocycles. The van der Waals surface area contributed by atoms with Crippen molar-refractivity contribution in [1.29, 1.82) is 0 Å². The van der Waals surface area contributed by atoms with Crippen LogP contribution in [0.3, 0.4) is 0 Å². The van der Waals surface area contributed by atoms with Crippen molar-refractivity contribution in [2.24, 2.45) is 11.8 Å². The second-order valence-corrected chi connectivity index (χ2v) is 9.44. The first-order chi connectivity index (χ1) is 15.8. The van der Waals surface area contributed by atoms with Crippen molar-refractivity contribution >= 4 is 23.5 Å². The Labute approximate surface area is 203 Å². The summed E-state index contributed by atoms with van der Waals surface area (Å²) in [6, 6.07) is 6.91. The molecule has 0 saturated heterocycles. The summed E-state index contributed by atoms with van der Waals surface area (Å²) in [5, 5.41) is -1.60. The minimum Gasteiger partial charge on any atom is -0.494 e. The van der Waals surface area contributed by atoms with Gasteiger partial charge in [-0.25, -0.2) is 0 Å². The summed E-state index contributed by atoms with van der Waals surface area (Å²) < 4.78 is 16.7. The van der Waals surface area contributed by atoms with E-state index in [0.717, 1.165) is 12.2 Å². The topological polar surface area (TPSA) is 61.8 Å². The molecule has 182 valence electrons. The van der Waals surface area contributed by atoms with E-state index < -0.39 is 22.9 Å². The van der Waals surface area contributed by atoms with Crippen LogP contribution in [0, 0.1) is 11.8 Å². The van der Waals surface area contributed by atoms with E-state index >= 15 is 0 Å². The molecule has 1 aliphatic carbocycles. The predicted octanol–water partition coefficient (Wildman–Crippen LogP) is 6.99. The van der Waals surface area contributed by atoms with Gasteiger partial charge in [0.15, 0.2) is 0 Å². The molecule has 6 heteroatoms. The molecule has 0 fully saturated rings. The summed E-state index contributed by atoms with van der Waals surface area (Å²) in [5.41, 5.74) is 0. The Kier molecular flexibility index (Phi) is 11.5. The lowest BCUT2D eigenvalue weighted by Gasteiger charge is -2.31. The van der Waals surface area contributed by atoms with Crippen LogP contribution in [0.25, 0.3) is 0 Å². The van der Waals surface area contributed by atoms with Gasteiger partial charge in [0.25, 0.3) is 0 Å². The Balaban J connectivity index is 1.82. The highest BCUT2D eigenvalue weighted by Crippen LogP contribution is 2.35. The number of rotatable bonds is 14. The number of carbonyl (C=O) groups is 2. The van der Waals surface area contributed by atoms with Crippen molar-refractivity contribution in [3.8, 4) is 11.5 Å². The van der Waals surface area contributed by atoms with Crippen LogP contribution in [0.1, 0.15) is 72.1 Å². The highest BCUT2D eigenvalue weighted by atomic mass is 35.5. The van der Waals surface area contributed by atoms with Gasteiger partial charge in [-0.05, 0) is 42.7 Å². The lowest BCUT2D eigenvalue weighted by Crippen LogP contribution is -2.42. The number of alkyl halides is 1. The predicted molar refractivity (Wildman–Crippen MR) is 131 cm³/mol. The zero-order valence-corrected chi connectivity index (χ0v) is 20.8. The number of hydrogen-bond acceptors (Lipinski definition) is 5. The van der Waals surface area contributed by atoms with Crippen molar-refractivity contribution < 1.29 is 23.8 Å². The van der Waals surface area contributed by atoms with Crippen molar-refractivity contribution in [1.82, 2.24) is 0 Å². The number of carbonyl (C=O) groups excluding carboxylic acids is 2. The zero-order valence-electron chi connectivity index (χ0n) is 20.1. The minimum absolute atomic E-state index is 0.123. The maximum atomic E-state index is 12.8. The quantitative estimate of drug-likeness (QED) is 0.125. The molecule has 2 unspecified atom stereocenters. The van der Waals surface area contributed by atoms with E-state index in [1.54, 1.807) is 42.5 Å².